The number of benzene rings is 1. The van der Waals surface area contributed by atoms with Gasteiger partial charge in [-0.25, -0.2) is 19.9 Å². The van der Waals surface area contributed by atoms with E-state index in [0.29, 0.717) is 27.8 Å². The second-order valence-corrected chi connectivity index (χ2v) is 8.10. The highest BCUT2D eigenvalue weighted by Gasteiger charge is 2.31. The SMILES string of the molecule is C[C@@H](c1ncccn1)N(Cc1ccc(C(F)(F)F)cn1)C(=O)c1ccc2nc(N)n3cncc3c2c1. The zero-order chi connectivity index (χ0) is 25.4. The van der Waals surface area contributed by atoms with E-state index in [1.807, 2.05) is 0 Å². The molecule has 0 radical (unpaired) electrons. The number of imidazole rings is 1. The van der Waals surface area contributed by atoms with Crippen molar-refractivity contribution in [1.29, 1.82) is 0 Å². The lowest BCUT2D eigenvalue weighted by Gasteiger charge is -2.28. The number of fused-ring (bicyclic) bond motifs is 3. The highest BCUT2D eigenvalue weighted by atomic mass is 19.4. The Bertz CT molecular complexity index is 1550. The summed E-state index contributed by atoms with van der Waals surface area (Å²) in [5, 5.41) is 0.670. The zero-order valence-corrected chi connectivity index (χ0v) is 18.9. The average Bonchev–Trinajstić information content (AvgIpc) is 3.38. The molecule has 0 saturated carbocycles. The first-order valence-corrected chi connectivity index (χ1v) is 10.8. The number of hydrogen-bond donors (Lipinski definition) is 1. The van der Waals surface area contributed by atoms with Gasteiger partial charge in [0.1, 0.15) is 12.2 Å². The standard InChI is InChI=1S/C24H19F3N8O/c1-14(21-30-7-2-8-31-21)34(12-17-5-4-16(10-32-17)24(25,26)27)22(36)15-3-6-19-18(9-15)20-11-29-13-35(20)23(28)33-19/h2-11,13-14H,12H2,1H3,(H2,28,33)/t14-/m0/s1. The Hall–Kier alpha value is -4.61. The molecule has 5 rings (SSSR count). The van der Waals surface area contributed by atoms with Gasteiger partial charge in [-0.15, -0.1) is 0 Å². The number of nitrogens with two attached hydrogens (primary N) is 1. The predicted octanol–water partition coefficient (Wildman–Crippen LogP) is 4.07. The average molecular weight is 492 g/mol. The second kappa shape index (κ2) is 8.87. The molecule has 4 aromatic heterocycles. The lowest BCUT2D eigenvalue weighted by atomic mass is 10.1. The van der Waals surface area contributed by atoms with Crippen LogP contribution in [0.5, 0.6) is 0 Å². The minimum absolute atomic E-state index is 0.0590. The van der Waals surface area contributed by atoms with Crippen LogP contribution < -0.4 is 5.73 Å². The predicted molar refractivity (Wildman–Crippen MR) is 124 cm³/mol. The maximum absolute atomic E-state index is 13.8. The molecule has 2 N–H and O–H groups in total. The number of rotatable bonds is 5. The van der Waals surface area contributed by atoms with Crippen LogP contribution in [0.4, 0.5) is 19.1 Å². The van der Waals surface area contributed by atoms with Gasteiger partial charge in [-0.1, -0.05) is 0 Å². The fourth-order valence-electron chi connectivity index (χ4n) is 3.90. The molecule has 0 aliphatic heterocycles. The molecule has 0 saturated heterocycles. The number of alkyl halides is 3. The zero-order valence-electron chi connectivity index (χ0n) is 18.9. The highest BCUT2D eigenvalue weighted by Crippen LogP contribution is 2.29. The molecule has 0 bridgehead atoms. The Morgan fingerprint density at radius 1 is 1.11 bits per heavy atom. The Balaban J connectivity index is 1.55. The molecule has 12 heteroatoms. The van der Waals surface area contributed by atoms with Crippen LogP contribution in [0.1, 0.15) is 40.4 Å². The molecule has 36 heavy (non-hydrogen) atoms. The molecule has 0 aliphatic carbocycles. The normalized spacial score (nSPS) is 12.7. The first-order chi connectivity index (χ1) is 17.2. The monoisotopic (exact) mass is 492 g/mol. The van der Waals surface area contributed by atoms with Crippen LogP contribution in [-0.4, -0.2) is 40.1 Å². The number of hydrogen-bond acceptors (Lipinski definition) is 7. The smallest absolute Gasteiger partial charge is 0.369 e. The number of nitrogen functional groups attached to an aromatic ring is 1. The summed E-state index contributed by atoms with van der Waals surface area (Å²) in [5.41, 5.74) is 7.02. The summed E-state index contributed by atoms with van der Waals surface area (Å²) >= 11 is 0. The minimum atomic E-state index is -4.51. The van der Waals surface area contributed by atoms with Gasteiger partial charge in [-0.3, -0.25) is 14.2 Å². The number of amides is 1. The van der Waals surface area contributed by atoms with Crippen molar-refractivity contribution in [2.24, 2.45) is 0 Å². The third kappa shape index (κ3) is 4.28. The van der Waals surface area contributed by atoms with Crippen LogP contribution in [0, 0.1) is 0 Å². The first kappa shape index (κ1) is 23.1. The largest absolute Gasteiger partial charge is 0.417 e. The number of carbonyl (C=O) groups is 1. The number of anilines is 1. The summed E-state index contributed by atoms with van der Waals surface area (Å²) in [4.78, 5) is 36.1. The summed E-state index contributed by atoms with van der Waals surface area (Å²) in [6.07, 6.45) is 2.51. The van der Waals surface area contributed by atoms with E-state index in [1.165, 1.54) is 17.3 Å². The van der Waals surface area contributed by atoms with Gasteiger partial charge in [0.25, 0.3) is 5.91 Å². The topological polar surface area (TPSA) is 115 Å². The van der Waals surface area contributed by atoms with Crippen molar-refractivity contribution in [3.63, 3.8) is 0 Å². The Kier molecular flexibility index (Phi) is 5.71. The van der Waals surface area contributed by atoms with E-state index in [0.717, 1.165) is 12.3 Å². The lowest BCUT2D eigenvalue weighted by Crippen LogP contribution is -2.34. The van der Waals surface area contributed by atoms with E-state index in [-0.39, 0.29) is 24.1 Å². The molecule has 0 fully saturated rings. The van der Waals surface area contributed by atoms with Crippen LogP contribution in [0.2, 0.25) is 0 Å². The number of nitrogens with zero attached hydrogens (tertiary/aromatic N) is 7. The number of halogens is 3. The summed E-state index contributed by atoms with van der Waals surface area (Å²) in [7, 11) is 0. The van der Waals surface area contributed by atoms with Crippen LogP contribution in [-0.2, 0) is 12.7 Å². The molecule has 9 nitrogen and oxygen atoms in total. The molecule has 0 spiro atoms. The van der Waals surface area contributed by atoms with E-state index >= 15 is 0 Å². The first-order valence-electron chi connectivity index (χ1n) is 10.8. The van der Waals surface area contributed by atoms with Gasteiger partial charge in [-0.05, 0) is 43.3 Å². The molecule has 1 aromatic carbocycles. The maximum atomic E-state index is 13.8. The van der Waals surface area contributed by atoms with E-state index in [9.17, 15) is 18.0 Å². The maximum Gasteiger partial charge on any atom is 0.417 e. The van der Waals surface area contributed by atoms with Crippen molar-refractivity contribution in [2.45, 2.75) is 25.7 Å². The van der Waals surface area contributed by atoms with Crippen molar-refractivity contribution >= 4 is 28.3 Å². The lowest BCUT2D eigenvalue weighted by molar-refractivity contribution is -0.137. The molecule has 4 heterocycles. The highest BCUT2D eigenvalue weighted by molar-refractivity contribution is 6.02. The Morgan fingerprint density at radius 3 is 2.58 bits per heavy atom. The van der Waals surface area contributed by atoms with E-state index < -0.39 is 17.8 Å². The van der Waals surface area contributed by atoms with Gasteiger partial charge in [-0.2, -0.15) is 13.2 Å². The van der Waals surface area contributed by atoms with Crippen LogP contribution in [0.3, 0.4) is 0 Å². The van der Waals surface area contributed by atoms with Crippen molar-refractivity contribution < 1.29 is 18.0 Å². The second-order valence-electron chi connectivity index (χ2n) is 8.10. The number of carbonyl (C=O) groups excluding carboxylic acids is 1. The number of aromatic nitrogens is 6. The fraction of sp³-hybridized carbons (Fsp3) is 0.167. The Morgan fingerprint density at radius 2 is 1.89 bits per heavy atom. The summed E-state index contributed by atoms with van der Waals surface area (Å²) in [6, 6.07) is 8.24. The summed E-state index contributed by atoms with van der Waals surface area (Å²) < 4.78 is 40.6. The Labute approximate surface area is 202 Å². The van der Waals surface area contributed by atoms with Crippen molar-refractivity contribution in [3.05, 3.63) is 90.2 Å². The molecule has 0 unspecified atom stereocenters. The van der Waals surface area contributed by atoms with E-state index in [1.54, 1.807) is 54.2 Å². The van der Waals surface area contributed by atoms with Crippen LogP contribution in [0.15, 0.2) is 67.5 Å². The van der Waals surface area contributed by atoms with Gasteiger partial charge in [0, 0.05) is 29.5 Å². The van der Waals surface area contributed by atoms with Gasteiger partial charge in [0.2, 0.25) is 5.95 Å². The van der Waals surface area contributed by atoms with Crippen LogP contribution >= 0.6 is 0 Å². The fourth-order valence-corrected chi connectivity index (χ4v) is 3.90. The molecular weight excluding hydrogens is 473 g/mol. The minimum Gasteiger partial charge on any atom is -0.369 e. The van der Waals surface area contributed by atoms with Crippen molar-refractivity contribution in [3.8, 4) is 0 Å². The summed E-state index contributed by atoms with van der Waals surface area (Å²) in [5.74, 6) is 0.262. The van der Waals surface area contributed by atoms with Gasteiger partial charge < -0.3 is 10.6 Å². The van der Waals surface area contributed by atoms with E-state index in [2.05, 4.69) is 24.9 Å². The van der Waals surface area contributed by atoms with Gasteiger partial charge in [0.15, 0.2) is 0 Å². The molecule has 1 atom stereocenters. The van der Waals surface area contributed by atoms with Gasteiger partial charge >= 0.3 is 6.18 Å². The third-order valence-electron chi connectivity index (χ3n) is 5.81. The number of pyridine rings is 1. The van der Waals surface area contributed by atoms with Crippen molar-refractivity contribution in [2.75, 3.05) is 5.73 Å². The molecular formula is C24H19F3N8O. The van der Waals surface area contributed by atoms with Crippen molar-refractivity contribution in [1.82, 2.24) is 34.2 Å². The van der Waals surface area contributed by atoms with Crippen LogP contribution in [0.25, 0.3) is 16.4 Å². The third-order valence-corrected chi connectivity index (χ3v) is 5.81. The summed E-state index contributed by atoms with van der Waals surface area (Å²) in [6.45, 7) is 1.69. The van der Waals surface area contributed by atoms with E-state index in [4.69, 9.17) is 5.73 Å². The quantitative estimate of drug-likeness (QED) is 0.393. The molecule has 0 aliphatic rings. The van der Waals surface area contributed by atoms with Gasteiger partial charge in [0.05, 0.1) is 41.1 Å². The molecule has 182 valence electrons. The molecule has 5 aromatic rings. The molecule has 1 amide bonds.